The largest absolute Gasteiger partial charge is 0.492 e. The molecule has 0 amide bonds. The van der Waals surface area contributed by atoms with Gasteiger partial charge < -0.3 is 9.47 Å². The molecule has 0 bridgehead atoms. The number of methoxy groups -OCH3 is 1. The van der Waals surface area contributed by atoms with Crippen LogP contribution in [0.25, 0.3) is 0 Å². The Bertz CT molecular complexity index is 585. The minimum atomic E-state index is -4.22. The molecule has 0 saturated heterocycles. The van der Waals surface area contributed by atoms with Crippen LogP contribution in [0.5, 0.6) is 5.75 Å². The Balaban J connectivity index is 3.32. The Morgan fingerprint density at radius 2 is 2.05 bits per heavy atom. The van der Waals surface area contributed by atoms with Crippen LogP contribution in [0.4, 0.5) is 4.39 Å². The molecule has 0 radical (unpaired) electrons. The predicted molar refractivity (Wildman–Crippen MR) is 64.9 cm³/mol. The van der Waals surface area contributed by atoms with Gasteiger partial charge in [0.1, 0.15) is 4.90 Å². The smallest absolute Gasteiger partial charge is 0.338 e. The first-order valence-corrected chi connectivity index (χ1v) is 6.93. The van der Waals surface area contributed by atoms with Gasteiger partial charge in [0.15, 0.2) is 11.6 Å². The third-order valence-corrected chi connectivity index (χ3v) is 3.11. The summed E-state index contributed by atoms with van der Waals surface area (Å²) in [7, 11) is -3.12. The average Bonchev–Trinajstić information content (AvgIpc) is 2.33. The van der Waals surface area contributed by atoms with Crippen molar-refractivity contribution in [1.82, 2.24) is 0 Å². The van der Waals surface area contributed by atoms with Crippen LogP contribution in [0.15, 0.2) is 17.0 Å². The van der Waals surface area contributed by atoms with Crippen molar-refractivity contribution in [3.05, 3.63) is 23.5 Å². The number of carbonyl (C=O) groups is 1. The Morgan fingerprint density at radius 1 is 1.42 bits per heavy atom. The molecule has 106 valence electrons. The van der Waals surface area contributed by atoms with Crippen molar-refractivity contribution >= 4 is 16.0 Å². The van der Waals surface area contributed by atoms with Gasteiger partial charge >= 0.3 is 5.97 Å². The number of esters is 1. The molecule has 0 aromatic heterocycles. The van der Waals surface area contributed by atoms with E-state index in [1.165, 1.54) is 0 Å². The molecule has 8 heteroatoms. The van der Waals surface area contributed by atoms with Crippen molar-refractivity contribution < 1.29 is 27.1 Å². The van der Waals surface area contributed by atoms with Crippen LogP contribution in [0.3, 0.4) is 0 Å². The fourth-order valence-corrected chi connectivity index (χ4v) is 2.10. The molecular weight excluding hydrogens is 277 g/mol. The lowest BCUT2D eigenvalue weighted by Crippen LogP contribution is -2.16. The summed E-state index contributed by atoms with van der Waals surface area (Å²) in [6, 6.07) is 1.76. The zero-order chi connectivity index (χ0) is 14.6. The summed E-state index contributed by atoms with van der Waals surface area (Å²) in [5.74, 6) is -2.36. The van der Waals surface area contributed by atoms with E-state index in [0.29, 0.717) is 6.42 Å². The number of hydrogen-bond donors (Lipinski definition) is 1. The number of primary sulfonamides is 1. The van der Waals surface area contributed by atoms with Crippen LogP contribution < -0.4 is 9.88 Å². The second kappa shape index (κ2) is 5.98. The Kier molecular flexibility index (Phi) is 4.84. The van der Waals surface area contributed by atoms with Gasteiger partial charge in [0.05, 0.1) is 19.3 Å². The number of ether oxygens (including phenoxy) is 2. The van der Waals surface area contributed by atoms with Crippen LogP contribution in [0.1, 0.15) is 23.7 Å². The van der Waals surface area contributed by atoms with Gasteiger partial charge in [-0.05, 0) is 18.6 Å². The standard InChI is InChI=1S/C11H14FNO5S/c1-3-4-18-11(14)7-5-8(12)10(17-2)9(6-7)19(13,15)16/h5-6H,3-4H2,1-2H3,(H2,13,15,16). The fourth-order valence-electron chi connectivity index (χ4n) is 1.37. The maximum absolute atomic E-state index is 13.7. The summed E-state index contributed by atoms with van der Waals surface area (Å²) in [4.78, 5) is 11.0. The second-order valence-corrected chi connectivity index (χ2v) is 5.20. The van der Waals surface area contributed by atoms with Crippen molar-refractivity contribution in [2.75, 3.05) is 13.7 Å². The number of carbonyl (C=O) groups excluding carboxylic acids is 1. The lowest BCUT2D eigenvalue weighted by molar-refractivity contribution is 0.0504. The highest BCUT2D eigenvalue weighted by Gasteiger charge is 2.22. The first-order valence-electron chi connectivity index (χ1n) is 5.38. The van der Waals surface area contributed by atoms with Crippen molar-refractivity contribution in [2.24, 2.45) is 5.14 Å². The molecule has 1 aromatic carbocycles. The SMILES string of the molecule is CCCOC(=O)c1cc(F)c(OC)c(S(N)(=O)=O)c1. The topological polar surface area (TPSA) is 95.7 Å². The first kappa shape index (κ1) is 15.4. The summed E-state index contributed by atoms with van der Waals surface area (Å²) < 4.78 is 45.8. The number of rotatable bonds is 5. The second-order valence-electron chi connectivity index (χ2n) is 3.67. The molecule has 0 aliphatic rings. The molecule has 6 nitrogen and oxygen atoms in total. The molecule has 2 N–H and O–H groups in total. The quantitative estimate of drug-likeness (QED) is 0.818. The molecule has 0 fully saturated rings. The number of sulfonamides is 1. The summed E-state index contributed by atoms with van der Waals surface area (Å²) in [6.45, 7) is 1.94. The molecule has 1 aromatic rings. The molecule has 0 atom stereocenters. The third-order valence-electron chi connectivity index (χ3n) is 2.19. The normalized spacial score (nSPS) is 11.2. The van der Waals surface area contributed by atoms with E-state index in [4.69, 9.17) is 9.88 Å². The van der Waals surface area contributed by atoms with E-state index in [-0.39, 0.29) is 12.2 Å². The first-order chi connectivity index (χ1) is 8.81. The molecule has 1 rings (SSSR count). The number of benzene rings is 1. The van der Waals surface area contributed by atoms with Gasteiger partial charge in [-0.25, -0.2) is 22.7 Å². The lowest BCUT2D eigenvalue weighted by atomic mass is 10.2. The molecule has 0 aliphatic heterocycles. The van der Waals surface area contributed by atoms with E-state index in [9.17, 15) is 17.6 Å². The van der Waals surface area contributed by atoms with Gasteiger partial charge in [0, 0.05) is 0 Å². The molecule has 19 heavy (non-hydrogen) atoms. The minimum Gasteiger partial charge on any atom is -0.492 e. The van der Waals surface area contributed by atoms with Crippen molar-refractivity contribution in [3.63, 3.8) is 0 Å². The zero-order valence-corrected chi connectivity index (χ0v) is 11.3. The molecular formula is C11H14FNO5S. The molecule has 0 aliphatic carbocycles. The maximum atomic E-state index is 13.7. The van der Waals surface area contributed by atoms with E-state index in [1.54, 1.807) is 6.92 Å². The Hall–Kier alpha value is -1.67. The van der Waals surface area contributed by atoms with Crippen LogP contribution in [-0.2, 0) is 14.8 Å². The fraction of sp³-hybridized carbons (Fsp3) is 0.364. The van der Waals surface area contributed by atoms with Gasteiger partial charge in [0.2, 0.25) is 10.0 Å². The average molecular weight is 291 g/mol. The van der Waals surface area contributed by atoms with Gasteiger partial charge in [0.25, 0.3) is 0 Å². The van der Waals surface area contributed by atoms with Crippen LogP contribution >= 0.6 is 0 Å². The molecule has 0 heterocycles. The summed E-state index contributed by atoms with van der Waals surface area (Å²) in [5.41, 5.74) is -0.240. The third kappa shape index (κ3) is 3.65. The Labute approximate surface area is 110 Å². The number of hydrogen-bond acceptors (Lipinski definition) is 5. The van der Waals surface area contributed by atoms with Gasteiger partial charge in [-0.15, -0.1) is 0 Å². The maximum Gasteiger partial charge on any atom is 0.338 e. The molecule has 0 spiro atoms. The predicted octanol–water partition coefficient (Wildman–Crippen LogP) is 1.05. The van der Waals surface area contributed by atoms with E-state index in [1.807, 2.05) is 0 Å². The summed E-state index contributed by atoms with van der Waals surface area (Å²) in [6.07, 6.45) is 0.590. The van der Waals surface area contributed by atoms with E-state index >= 15 is 0 Å². The summed E-state index contributed by atoms with van der Waals surface area (Å²) in [5, 5.41) is 4.94. The van der Waals surface area contributed by atoms with E-state index in [2.05, 4.69) is 4.74 Å². The molecule has 0 unspecified atom stereocenters. The highest BCUT2D eigenvalue weighted by Crippen LogP contribution is 2.28. The Morgan fingerprint density at radius 3 is 2.53 bits per heavy atom. The minimum absolute atomic E-state index is 0.150. The summed E-state index contributed by atoms with van der Waals surface area (Å²) >= 11 is 0. The van der Waals surface area contributed by atoms with Crippen LogP contribution in [-0.4, -0.2) is 28.1 Å². The van der Waals surface area contributed by atoms with Gasteiger partial charge in [-0.2, -0.15) is 0 Å². The van der Waals surface area contributed by atoms with Crippen molar-refractivity contribution in [1.29, 1.82) is 0 Å². The lowest BCUT2D eigenvalue weighted by Gasteiger charge is -2.10. The van der Waals surface area contributed by atoms with Crippen molar-refractivity contribution in [2.45, 2.75) is 18.2 Å². The van der Waals surface area contributed by atoms with Crippen LogP contribution in [0, 0.1) is 5.82 Å². The highest BCUT2D eigenvalue weighted by atomic mass is 32.2. The van der Waals surface area contributed by atoms with Crippen LogP contribution in [0.2, 0.25) is 0 Å². The van der Waals surface area contributed by atoms with Gasteiger partial charge in [-0.3, -0.25) is 0 Å². The highest BCUT2D eigenvalue weighted by molar-refractivity contribution is 7.89. The van der Waals surface area contributed by atoms with Gasteiger partial charge in [-0.1, -0.05) is 6.92 Å². The number of halogens is 1. The molecule has 0 saturated carbocycles. The van der Waals surface area contributed by atoms with E-state index in [0.717, 1.165) is 19.2 Å². The van der Waals surface area contributed by atoms with Crippen molar-refractivity contribution in [3.8, 4) is 5.75 Å². The van der Waals surface area contributed by atoms with E-state index < -0.39 is 32.5 Å². The number of nitrogens with two attached hydrogens (primary N) is 1. The zero-order valence-electron chi connectivity index (χ0n) is 10.5. The monoisotopic (exact) mass is 291 g/mol.